The van der Waals surface area contributed by atoms with Crippen molar-refractivity contribution in [2.75, 3.05) is 7.05 Å². The van der Waals surface area contributed by atoms with E-state index in [1.54, 1.807) is 0 Å². The van der Waals surface area contributed by atoms with E-state index < -0.39 is 0 Å². The van der Waals surface area contributed by atoms with Crippen molar-refractivity contribution >= 4 is 31.1 Å². The molecular weight excluding hydrogens is 325 g/mol. The Morgan fingerprint density at radius 2 is 1.62 bits per heavy atom. The second kappa shape index (κ2) is 6.25. The first kappa shape index (κ1) is 14.1. The van der Waals surface area contributed by atoms with Crippen LogP contribution in [0.5, 0.6) is 0 Å². The zero-order valence-electron chi connectivity index (χ0n) is 12.1. The third kappa shape index (κ3) is 3.23. The molecule has 0 fully saturated rings. The van der Waals surface area contributed by atoms with Gasteiger partial charge in [0.25, 0.3) is 0 Å². The zero-order valence-corrected chi connectivity index (χ0v) is 13.8. The summed E-state index contributed by atoms with van der Waals surface area (Å²) in [5.74, 6) is 0. The molecule has 0 saturated heterocycles. The molecule has 3 rings (SSSR count). The van der Waals surface area contributed by atoms with Gasteiger partial charge < -0.3 is 0 Å². The summed E-state index contributed by atoms with van der Waals surface area (Å²) in [6, 6.07) is 20.7. The van der Waals surface area contributed by atoms with Crippen LogP contribution in [0.1, 0.15) is 17.3 Å². The Labute approximate surface area is 131 Å². The number of rotatable bonds is 2. The summed E-state index contributed by atoms with van der Waals surface area (Å²) in [5.41, 5.74) is 3.48. The number of hydrogen-bond acceptors (Lipinski definition) is 2. The van der Waals surface area contributed by atoms with Crippen molar-refractivity contribution in [1.29, 1.82) is 0 Å². The molecule has 0 spiro atoms. The Hall–Kier alpha value is -1.90. The number of hydrazone groups is 1. The van der Waals surface area contributed by atoms with Gasteiger partial charge in [0.15, 0.2) is 0 Å². The zero-order chi connectivity index (χ0) is 14.7. The van der Waals surface area contributed by atoms with Gasteiger partial charge in [-0.15, -0.1) is 0 Å². The number of para-hydroxylation sites is 1. The molecule has 0 aliphatic carbocycles. The number of aliphatic imine (C=N–C) groups is 1. The van der Waals surface area contributed by atoms with Crippen molar-refractivity contribution in [3.63, 3.8) is 0 Å². The predicted molar refractivity (Wildman–Crippen MR) is 89.3 cm³/mol. The molecule has 2 aromatic rings. The Bertz CT molecular complexity index is 665. The van der Waals surface area contributed by atoms with E-state index in [0.717, 1.165) is 16.1 Å². The fraction of sp³-hybridized carbons (Fsp3) is 0.176. The summed E-state index contributed by atoms with van der Waals surface area (Å²) in [7, 11) is 1.98. The van der Waals surface area contributed by atoms with Gasteiger partial charge in [-0.2, -0.15) is 0 Å². The third-order valence-corrected chi connectivity index (χ3v) is 6.24. The fourth-order valence-electron chi connectivity index (χ4n) is 2.25. The van der Waals surface area contributed by atoms with E-state index in [1.807, 2.05) is 42.4 Å². The van der Waals surface area contributed by atoms with Crippen molar-refractivity contribution in [3.8, 4) is 0 Å². The third-order valence-electron chi connectivity index (χ3n) is 3.27. The van der Waals surface area contributed by atoms with Crippen molar-refractivity contribution in [2.45, 2.75) is 11.7 Å². The first-order valence-corrected chi connectivity index (χ1v) is 8.73. The molecule has 0 N–H and O–H groups in total. The molecule has 0 bridgehead atoms. The summed E-state index contributed by atoms with van der Waals surface area (Å²) in [6.07, 6.45) is 0. The van der Waals surface area contributed by atoms with E-state index in [0.29, 0.717) is 4.82 Å². The quantitative estimate of drug-likeness (QED) is 0.769. The fourth-order valence-corrected chi connectivity index (χ4v) is 4.50. The molecule has 0 aromatic heterocycles. The molecule has 0 saturated carbocycles. The molecule has 21 heavy (non-hydrogen) atoms. The molecule has 2 aromatic carbocycles. The molecular formula is C17H17N3Se. The van der Waals surface area contributed by atoms with Crippen LogP contribution < -0.4 is 0 Å². The van der Waals surface area contributed by atoms with E-state index in [1.165, 1.54) is 5.56 Å². The van der Waals surface area contributed by atoms with Crippen LogP contribution in [0.25, 0.3) is 0 Å². The Kier molecular flexibility index (Phi) is 4.18. The molecule has 106 valence electrons. The normalized spacial score (nSPS) is 20.5. The standard InChI is InChI=1S/C17H17N3Se/c1-13-16(14-9-5-3-6-10-14)21-17(20(2)19-13)18-15-11-7-4-8-12-15/h3-12,16H,1-2H3. The molecule has 4 heteroatoms. The minimum absolute atomic E-state index is 0.234. The first-order valence-electron chi connectivity index (χ1n) is 6.88. The second-order valence-corrected chi connectivity index (χ2v) is 7.15. The number of amidine groups is 1. The van der Waals surface area contributed by atoms with Gasteiger partial charge in [-0.05, 0) is 0 Å². The second-order valence-electron chi connectivity index (χ2n) is 4.90. The van der Waals surface area contributed by atoms with Crippen molar-refractivity contribution < 1.29 is 0 Å². The summed E-state index contributed by atoms with van der Waals surface area (Å²) in [4.78, 5) is 5.15. The molecule has 0 amide bonds. The molecule has 1 aliphatic heterocycles. The van der Waals surface area contributed by atoms with Gasteiger partial charge in [-0.3, -0.25) is 0 Å². The average Bonchev–Trinajstić information content (AvgIpc) is 2.52. The van der Waals surface area contributed by atoms with E-state index in [9.17, 15) is 0 Å². The molecule has 1 aliphatic rings. The van der Waals surface area contributed by atoms with Crippen molar-refractivity contribution in [2.24, 2.45) is 10.1 Å². The van der Waals surface area contributed by atoms with Gasteiger partial charge in [-0.1, -0.05) is 0 Å². The van der Waals surface area contributed by atoms with Gasteiger partial charge >= 0.3 is 131 Å². The summed E-state index contributed by atoms with van der Waals surface area (Å²) in [6.45, 7) is 2.11. The SMILES string of the molecule is CC1=NN(C)C(=Nc2ccccc2)[Se]C1c1ccccc1. The molecule has 1 atom stereocenters. The Balaban J connectivity index is 1.93. The van der Waals surface area contributed by atoms with E-state index in [-0.39, 0.29) is 15.0 Å². The average molecular weight is 342 g/mol. The predicted octanol–water partition coefficient (Wildman–Crippen LogP) is 3.44. The molecule has 1 heterocycles. The summed E-state index contributed by atoms with van der Waals surface area (Å²) in [5, 5.41) is 6.57. The number of benzene rings is 2. The van der Waals surface area contributed by atoms with E-state index >= 15 is 0 Å². The van der Waals surface area contributed by atoms with Crippen LogP contribution in [0.3, 0.4) is 0 Å². The minimum atomic E-state index is 0.234. The summed E-state index contributed by atoms with van der Waals surface area (Å²) >= 11 is 0.234. The van der Waals surface area contributed by atoms with E-state index in [2.05, 4.69) is 42.4 Å². The van der Waals surface area contributed by atoms with Gasteiger partial charge in [0.05, 0.1) is 0 Å². The topological polar surface area (TPSA) is 28.0 Å². The first-order chi connectivity index (χ1) is 10.2. The number of nitrogens with zero attached hydrogens (tertiary/aromatic N) is 3. The maximum atomic E-state index is 4.77. The van der Waals surface area contributed by atoms with Gasteiger partial charge in [0.1, 0.15) is 0 Å². The van der Waals surface area contributed by atoms with Crippen molar-refractivity contribution in [3.05, 3.63) is 66.2 Å². The van der Waals surface area contributed by atoms with Crippen LogP contribution in [0.2, 0.25) is 0 Å². The van der Waals surface area contributed by atoms with E-state index in [4.69, 9.17) is 4.99 Å². The molecule has 0 radical (unpaired) electrons. The molecule has 1 unspecified atom stereocenters. The van der Waals surface area contributed by atoms with Crippen LogP contribution in [0.4, 0.5) is 5.69 Å². The number of hydrogen-bond donors (Lipinski definition) is 0. The van der Waals surface area contributed by atoms with Crippen LogP contribution in [-0.4, -0.2) is 37.5 Å². The van der Waals surface area contributed by atoms with Crippen LogP contribution in [-0.2, 0) is 0 Å². The maximum absolute atomic E-state index is 4.77. The van der Waals surface area contributed by atoms with Crippen LogP contribution in [0, 0.1) is 0 Å². The Morgan fingerprint density at radius 1 is 1.00 bits per heavy atom. The molecule has 3 nitrogen and oxygen atoms in total. The van der Waals surface area contributed by atoms with Crippen molar-refractivity contribution in [1.82, 2.24) is 5.01 Å². The summed E-state index contributed by atoms with van der Waals surface area (Å²) < 4.78 is 1.06. The van der Waals surface area contributed by atoms with Gasteiger partial charge in [-0.25, -0.2) is 0 Å². The van der Waals surface area contributed by atoms with Crippen LogP contribution in [0.15, 0.2) is 70.8 Å². The van der Waals surface area contributed by atoms with Crippen LogP contribution >= 0.6 is 0 Å². The van der Waals surface area contributed by atoms with Gasteiger partial charge in [0.2, 0.25) is 0 Å². The van der Waals surface area contributed by atoms with Gasteiger partial charge in [0, 0.05) is 0 Å². The monoisotopic (exact) mass is 343 g/mol. The Morgan fingerprint density at radius 3 is 2.29 bits per heavy atom.